The molecule has 0 spiro atoms. The van der Waals surface area contributed by atoms with Crippen LogP contribution >= 0.6 is 11.8 Å². The van der Waals surface area contributed by atoms with Gasteiger partial charge in [-0.3, -0.25) is 4.90 Å². The Morgan fingerprint density at radius 2 is 2.17 bits per heavy atom. The highest BCUT2D eigenvalue weighted by molar-refractivity contribution is 7.99. The van der Waals surface area contributed by atoms with Gasteiger partial charge in [-0.25, -0.2) is 0 Å². The fourth-order valence-corrected chi connectivity index (χ4v) is 4.57. The van der Waals surface area contributed by atoms with Gasteiger partial charge in [-0.2, -0.15) is 11.8 Å². The van der Waals surface area contributed by atoms with E-state index in [1.165, 1.54) is 63.9 Å². The van der Waals surface area contributed by atoms with Crippen molar-refractivity contribution in [3.8, 4) is 0 Å². The first-order valence-electron chi connectivity index (χ1n) is 7.90. The first kappa shape index (κ1) is 14.7. The lowest BCUT2D eigenvalue weighted by Crippen LogP contribution is -2.48. The minimum absolute atomic E-state index is 0.765. The van der Waals surface area contributed by atoms with Gasteiger partial charge in [-0.15, -0.1) is 0 Å². The Hall–Kier alpha value is 0.270. The summed E-state index contributed by atoms with van der Waals surface area (Å²) in [6, 6.07) is 1.60. The van der Waals surface area contributed by atoms with Crippen LogP contribution in [-0.2, 0) is 0 Å². The number of thioether (sulfide) groups is 1. The summed E-state index contributed by atoms with van der Waals surface area (Å²) in [6.45, 7) is 8.58. The molecular formula is C15H30N2S. The Morgan fingerprint density at radius 3 is 2.83 bits per heavy atom. The smallest absolute Gasteiger partial charge is 0.0212 e. The Kier molecular flexibility index (Phi) is 6.33. The summed E-state index contributed by atoms with van der Waals surface area (Å²) in [5, 5.41) is 4.50. The molecule has 2 aliphatic rings. The molecular weight excluding hydrogens is 240 g/mol. The molecule has 0 radical (unpaired) electrons. The number of nitrogens with one attached hydrogen (secondary N) is 1. The molecule has 0 saturated carbocycles. The van der Waals surface area contributed by atoms with Crippen LogP contribution in [0, 0.1) is 0 Å². The lowest BCUT2D eigenvalue weighted by Gasteiger charge is -2.39. The van der Waals surface area contributed by atoms with Crippen LogP contribution in [0.25, 0.3) is 0 Å². The van der Waals surface area contributed by atoms with Gasteiger partial charge in [0.15, 0.2) is 0 Å². The van der Waals surface area contributed by atoms with E-state index in [4.69, 9.17) is 0 Å². The van der Waals surface area contributed by atoms with Crippen LogP contribution in [0.4, 0.5) is 0 Å². The van der Waals surface area contributed by atoms with Crippen molar-refractivity contribution in [1.82, 2.24) is 10.2 Å². The zero-order valence-electron chi connectivity index (χ0n) is 12.2. The van der Waals surface area contributed by atoms with E-state index in [0.717, 1.165) is 17.3 Å². The van der Waals surface area contributed by atoms with Crippen LogP contribution in [0.15, 0.2) is 0 Å². The fourth-order valence-electron chi connectivity index (χ4n) is 3.34. The highest BCUT2D eigenvalue weighted by Gasteiger charge is 2.29. The van der Waals surface area contributed by atoms with E-state index in [-0.39, 0.29) is 0 Å². The quantitative estimate of drug-likeness (QED) is 0.798. The zero-order chi connectivity index (χ0) is 12.8. The van der Waals surface area contributed by atoms with E-state index in [9.17, 15) is 0 Å². The van der Waals surface area contributed by atoms with Crippen LogP contribution in [-0.4, -0.2) is 47.6 Å². The molecule has 3 atom stereocenters. The number of unbranched alkanes of at least 4 members (excludes halogenated alkanes) is 1. The maximum atomic E-state index is 3.67. The van der Waals surface area contributed by atoms with E-state index in [1.807, 2.05) is 0 Å². The lowest BCUT2D eigenvalue weighted by molar-refractivity contribution is 0.164. The SMILES string of the molecule is CCCCN(CC1CCCN1)C1CCCSC1C. The minimum Gasteiger partial charge on any atom is -0.313 e. The van der Waals surface area contributed by atoms with Gasteiger partial charge < -0.3 is 5.32 Å². The molecule has 0 aliphatic carbocycles. The molecule has 3 unspecified atom stereocenters. The Balaban J connectivity index is 1.89. The molecule has 3 heteroatoms. The second-order valence-corrected chi connectivity index (χ2v) is 7.41. The van der Waals surface area contributed by atoms with Gasteiger partial charge in [-0.1, -0.05) is 20.3 Å². The molecule has 2 aliphatic heterocycles. The molecule has 0 aromatic carbocycles. The molecule has 2 fully saturated rings. The third-order valence-electron chi connectivity index (χ3n) is 4.45. The molecule has 2 nitrogen and oxygen atoms in total. The summed E-state index contributed by atoms with van der Waals surface area (Å²) >= 11 is 2.18. The fraction of sp³-hybridized carbons (Fsp3) is 1.00. The third kappa shape index (κ3) is 4.14. The second kappa shape index (κ2) is 7.76. The van der Waals surface area contributed by atoms with Crippen molar-refractivity contribution in [3.63, 3.8) is 0 Å². The van der Waals surface area contributed by atoms with Gasteiger partial charge in [0, 0.05) is 23.9 Å². The molecule has 0 aromatic rings. The Bertz CT molecular complexity index is 229. The van der Waals surface area contributed by atoms with Crippen LogP contribution in [0.3, 0.4) is 0 Å². The summed E-state index contributed by atoms with van der Waals surface area (Å²) in [6.07, 6.45) is 8.28. The van der Waals surface area contributed by atoms with Crippen LogP contribution in [0.1, 0.15) is 52.4 Å². The Morgan fingerprint density at radius 1 is 1.28 bits per heavy atom. The van der Waals surface area contributed by atoms with E-state index >= 15 is 0 Å². The van der Waals surface area contributed by atoms with Crippen molar-refractivity contribution < 1.29 is 0 Å². The predicted molar refractivity (Wildman–Crippen MR) is 82.4 cm³/mol. The third-order valence-corrected chi connectivity index (χ3v) is 5.82. The van der Waals surface area contributed by atoms with Crippen molar-refractivity contribution in [1.29, 1.82) is 0 Å². The molecule has 2 saturated heterocycles. The van der Waals surface area contributed by atoms with Gasteiger partial charge in [0.2, 0.25) is 0 Å². The van der Waals surface area contributed by atoms with E-state index in [0.29, 0.717) is 0 Å². The average Bonchev–Trinajstić information content (AvgIpc) is 2.88. The number of rotatable bonds is 6. The maximum absolute atomic E-state index is 3.67. The molecule has 18 heavy (non-hydrogen) atoms. The van der Waals surface area contributed by atoms with E-state index in [1.54, 1.807) is 0 Å². The van der Waals surface area contributed by atoms with E-state index in [2.05, 4.69) is 35.8 Å². The van der Waals surface area contributed by atoms with Crippen molar-refractivity contribution in [2.24, 2.45) is 0 Å². The highest BCUT2D eigenvalue weighted by atomic mass is 32.2. The van der Waals surface area contributed by atoms with Crippen molar-refractivity contribution in [2.45, 2.75) is 69.7 Å². The monoisotopic (exact) mass is 270 g/mol. The van der Waals surface area contributed by atoms with Crippen molar-refractivity contribution in [2.75, 3.05) is 25.4 Å². The largest absolute Gasteiger partial charge is 0.313 e. The first-order valence-corrected chi connectivity index (χ1v) is 8.95. The molecule has 0 aromatic heterocycles. The molecule has 1 N–H and O–H groups in total. The van der Waals surface area contributed by atoms with Gasteiger partial charge in [0.05, 0.1) is 0 Å². The van der Waals surface area contributed by atoms with Gasteiger partial charge >= 0.3 is 0 Å². The second-order valence-electron chi connectivity index (χ2n) is 5.93. The normalized spacial score (nSPS) is 33.2. The number of hydrogen-bond donors (Lipinski definition) is 1. The first-order chi connectivity index (χ1) is 8.81. The van der Waals surface area contributed by atoms with Gasteiger partial charge in [0.25, 0.3) is 0 Å². The molecule has 0 amide bonds. The number of hydrogen-bond acceptors (Lipinski definition) is 3. The molecule has 2 heterocycles. The van der Waals surface area contributed by atoms with Gasteiger partial charge in [0.1, 0.15) is 0 Å². The average molecular weight is 270 g/mol. The summed E-state index contributed by atoms with van der Waals surface area (Å²) < 4.78 is 0. The Labute approximate surface area is 117 Å². The summed E-state index contributed by atoms with van der Waals surface area (Å²) in [5.74, 6) is 1.38. The van der Waals surface area contributed by atoms with Crippen LogP contribution in [0.5, 0.6) is 0 Å². The summed E-state index contributed by atoms with van der Waals surface area (Å²) in [7, 11) is 0. The number of nitrogens with zero attached hydrogens (tertiary/aromatic N) is 1. The minimum atomic E-state index is 0.765. The van der Waals surface area contributed by atoms with Crippen LogP contribution in [0.2, 0.25) is 0 Å². The van der Waals surface area contributed by atoms with Crippen molar-refractivity contribution in [3.05, 3.63) is 0 Å². The standard InChI is InChI=1S/C15H30N2S/c1-3-4-10-17(12-14-7-5-9-16-14)15-8-6-11-18-13(15)2/h13-16H,3-12H2,1-2H3. The molecule has 2 rings (SSSR count). The topological polar surface area (TPSA) is 15.3 Å². The van der Waals surface area contributed by atoms with Gasteiger partial charge in [-0.05, 0) is 50.9 Å². The summed E-state index contributed by atoms with van der Waals surface area (Å²) in [4.78, 5) is 2.81. The van der Waals surface area contributed by atoms with E-state index < -0.39 is 0 Å². The zero-order valence-corrected chi connectivity index (χ0v) is 13.0. The lowest BCUT2D eigenvalue weighted by atomic mass is 10.0. The van der Waals surface area contributed by atoms with Crippen molar-refractivity contribution >= 4 is 11.8 Å². The predicted octanol–water partition coefficient (Wildman–Crippen LogP) is 3.12. The molecule has 106 valence electrons. The summed E-state index contributed by atoms with van der Waals surface area (Å²) in [5.41, 5.74) is 0. The molecule has 0 bridgehead atoms. The highest BCUT2D eigenvalue weighted by Crippen LogP contribution is 2.29. The van der Waals surface area contributed by atoms with Crippen LogP contribution < -0.4 is 5.32 Å². The maximum Gasteiger partial charge on any atom is 0.0212 e.